The second-order valence-electron chi connectivity index (χ2n) is 6.78. The average molecular weight is 425 g/mol. The minimum Gasteiger partial charge on any atom is -0.481 e. The molecule has 1 aromatic rings. The zero-order valence-corrected chi connectivity index (χ0v) is 17.2. The zero-order chi connectivity index (χ0) is 20.2. The maximum absolute atomic E-state index is 13.4. The van der Waals surface area contributed by atoms with E-state index in [1.165, 1.54) is 23.9 Å². The monoisotopic (exact) mass is 424 g/mol. The number of nitrogens with one attached hydrogen (secondary N) is 2. The highest BCUT2D eigenvalue weighted by atomic mass is 32.2. The maximum Gasteiger partial charge on any atom is 0.261 e. The molecule has 2 aliphatic rings. The van der Waals surface area contributed by atoms with E-state index in [1.807, 2.05) is 0 Å². The van der Waals surface area contributed by atoms with Gasteiger partial charge in [0.1, 0.15) is 18.4 Å². The minimum atomic E-state index is -3.67. The Bertz CT molecular complexity index is 876. The van der Waals surface area contributed by atoms with E-state index in [9.17, 15) is 13.2 Å². The van der Waals surface area contributed by atoms with Crippen molar-refractivity contribution in [1.82, 2.24) is 10.8 Å². The summed E-state index contributed by atoms with van der Waals surface area (Å²) in [5.74, 6) is 6.20. The predicted molar refractivity (Wildman–Crippen MR) is 107 cm³/mol. The first-order valence-corrected chi connectivity index (χ1v) is 11.7. The Hall–Kier alpha value is -1.73. The number of thioether (sulfide) groups is 1. The number of hydrogen-bond donors (Lipinski definition) is 3. The van der Waals surface area contributed by atoms with Crippen LogP contribution in [0.5, 0.6) is 5.75 Å². The van der Waals surface area contributed by atoms with Crippen LogP contribution in [-0.4, -0.2) is 54.5 Å². The topological polar surface area (TPSA) is 105 Å². The molecule has 0 bridgehead atoms. The lowest BCUT2D eigenvalue weighted by atomic mass is 9.95. The minimum absolute atomic E-state index is 0.210. The summed E-state index contributed by atoms with van der Waals surface area (Å²) < 4.78 is 31.5. The molecule has 1 spiro atoms. The molecule has 3 rings (SSSR count). The number of hydrogen-bond acceptors (Lipinski definition) is 7. The lowest BCUT2D eigenvalue weighted by molar-refractivity contribution is -0.132. The number of carbonyl (C=O) groups is 1. The zero-order valence-electron chi connectivity index (χ0n) is 15.6. The summed E-state index contributed by atoms with van der Waals surface area (Å²) in [5.41, 5.74) is 1.69. The van der Waals surface area contributed by atoms with Crippen LogP contribution in [0, 0.1) is 11.8 Å². The number of sulfone groups is 1. The molecule has 3 atom stereocenters. The molecule has 9 heteroatoms. The van der Waals surface area contributed by atoms with Crippen molar-refractivity contribution < 1.29 is 23.2 Å². The van der Waals surface area contributed by atoms with Crippen LogP contribution in [0.3, 0.4) is 0 Å². The van der Waals surface area contributed by atoms with Gasteiger partial charge in [0.2, 0.25) is 0 Å². The molecule has 0 aromatic heterocycles. The van der Waals surface area contributed by atoms with E-state index in [0.29, 0.717) is 37.3 Å². The van der Waals surface area contributed by atoms with Crippen LogP contribution in [0.25, 0.3) is 0 Å². The smallest absolute Gasteiger partial charge is 0.261 e. The first-order chi connectivity index (χ1) is 13.5. The van der Waals surface area contributed by atoms with Gasteiger partial charge in [0, 0.05) is 12.3 Å². The van der Waals surface area contributed by atoms with Crippen LogP contribution in [0.2, 0.25) is 0 Å². The van der Waals surface area contributed by atoms with Crippen LogP contribution in [-0.2, 0) is 14.6 Å². The summed E-state index contributed by atoms with van der Waals surface area (Å²) >= 11 is 1.52. The Labute approximate surface area is 169 Å². The van der Waals surface area contributed by atoms with Gasteiger partial charge in [-0.05, 0) is 44.0 Å². The van der Waals surface area contributed by atoms with E-state index in [4.69, 9.17) is 9.94 Å². The Morgan fingerprint density at radius 3 is 2.86 bits per heavy atom. The average Bonchev–Trinajstić information content (AvgIpc) is 3.13. The van der Waals surface area contributed by atoms with Gasteiger partial charge in [0.15, 0.2) is 9.84 Å². The molecule has 0 radical (unpaired) electrons. The summed E-state index contributed by atoms with van der Waals surface area (Å²) in [4.78, 5) is 12.5. The van der Waals surface area contributed by atoms with Gasteiger partial charge in [-0.15, -0.1) is 5.92 Å². The molecule has 1 amide bonds. The Morgan fingerprint density at radius 1 is 1.43 bits per heavy atom. The highest BCUT2D eigenvalue weighted by molar-refractivity contribution is 8.02. The predicted octanol–water partition coefficient (Wildman–Crippen LogP) is 1.36. The fourth-order valence-corrected chi connectivity index (χ4v) is 8.28. The SMILES string of the molecule is CC#CCOc1ccc(S(=O)(=O)C2CCCC23SCCNC3C(=O)NO)cc1. The largest absolute Gasteiger partial charge is 0.481 e. The summed E-state index contributed by atoms with van der Waals surface area (Å²) in [7, 11) is -3.67. The molecule has 1 aliphatic heterocycles. The van der Waals surface area contributed by atoms with Crippen molar-refractivity contribution in [1.29, 1.82) is 0 Å². The number of ether oxygens (including phenoxy) is 1. The molecule has 1 saturated carbocycles. The van der Waals surface area contributed by atoms with Crippen LogP contribution >= 0.6 is 11.8 Å². The Kier molecular flexibility index (Phi) is 6.55. The van der Waals surface area contributed by atoms with Crippen molar-refractivity contribution in [3.05, 3.63) is 24.3 Å². The molecular weight excluding hydrogens is 400 g/mol. The second-order valence-corrected chi connectivity index (χ2v) is 10.4. The molecule has 7 nitrogen and oxygen atoms in total. The summed E-state index contributed by atoms with van der Waals surface area (Å²) in [6.45, 7) is 2.55. The van der Waals surface area contributed by atoms with Gasteiger partial charge in [-0.25, -0.2) is 13.9 Å². The van der Waals surface area contributed by atoms with Gasteiger partial charge in [0.05, 0.1) is 14.9 Å². The first-order valence-electron chi connectivity index (χ1n) is 9.13. The third kappa shape index (κ3) is 3.87. The lowest BCUT2D eigenvalue weighted by Gasteiger charge is -2.43. The second kappa shape index (κ2) is 8.74. The van der Waals surface area contributed by atoms with Gasteiger partial charge in [0.25, 0.3) is 5.91 Å². The lowest BCUT2D eigenvalue weighted by Crippen LogP contribution is -2.64. The third-order valence-corrected chi connectivity index (χ3v) is 9.43. The highest BCUT2D eigenvalue weighted by Gasteiger charge is 2.58. The number of carbonyl (C=O) groups excluding carboxylic acids is 1. The molecule has 2 fully saturated rings. The summed E-state index contributed by atoms with van der Waals surface area (Å²) in [6, 6.07) is 5.57. The van der Waals surface area contributed by atoms with Gasteiger partial charge in [-0.3, -0.25) is 10.0 Å². The van der Waals surface area contributed by atoms with Crippen molar-refractivity contribution >= 4 is 27.5 Å². The molecule has 28 heavy (non-hydrogen) atoms. The van der Waals surface area contributed by atoms with E-state index < -0.39 is 31.8 Å². The number of amides is 1. The fourth-order valence-electron chi connectivity index (χ4n) is 4.04. The molecule has 3 N–H and O–H groups in total. The van der Waals surface area contributed by atoms with E-state index in [1.54, 1.807) is 24.5 Å². The van der Waals surface area contributed by atoms with Crippen LogP contribution in [0.1, 0.15) is 26.2 Å². The third-order valence-electron chi connectivity index (χ3n) is 5.28. The molecule has 1 heterocycles. The van der Waals surface area contributed by atoms with E-state index in [2.05, 4.69) is 17.2 Å². The van der Waals surface area contributed by atoms with Crippen molar-refractivity contribution in [3.63, 3.8) is 0 Å². The number of rotatable bonds is 5. The van der Waals surface area contributed by atoms with Crippen LogP contribution in [0.4, 0.5) is 0 Å². The number of hydroxylamine groups is 1. The molecule has 1 aromatic carbocycles. The van der Waals surface area contributed by atoms with Crippen LogP contribution in [0.15, 0.2) is 29.2 Å². The first kappa shape index (κ1) is 21.0. The van der Waals surface area contributed by atoms with Crippen molar-refractivity contribution in [2.24, 2.45) is 0 Å². The standard InChI is InChI=1S/C19H24N2O5S2/c1-2-3-12-26-14-6-8-15(9-7-14)28(24,25)16-5-4-10-19(16)17(18(22)21-23)20-11-13-27-19/h6-9,16-17,20,23H,4-5,10-13H2,1H3,(H,21,22). The highest BCUT2D eigenvalue weighted by Crippen LogP contribution is 2.50. The van der Waals surface area contributed by atoms with Gasteiger partial charge >= 0.3 is 0 Å². The number of benzene rings is 1. The molecule has 1 saturated heterocycles. The van der Waals surface area contributed by atoms with E-state index in [-0.39, 0.29) is 11.5 Å². The normalized spacial score (nSPS) is 27.1. The van der Waals surface area contributed by atoms with Crippen molar-refractivity contribution in [2.75, 3.05) is 18.9 Å². The van der Waals surface area contributed by atoms with Crippen molar-refractivity contribution in [3.8, 4) is 17.6 Å². The Balaban J connectivity index is 1.89. The van der Waals surface area contributed by atoms with Crippen LogP contribution < -0.4 is 15.5 Å². The molecule has 3 unspecified atom stereocenters. The summed E-state index contributed by atoms with van der Waals surface area (Å²) in [5, 5.41) is 11.5. The molecule has 1 aliphatic carbocycles. The quantitative estimate of drug-likeness (QED) is 0.372. The van der Waals surface area contributed by atoms with Gasteiger partial charge in [-0.2, -0.15) is 11.8 Å². The maximum atomic E-state index is 13.4. The fraction of sp³-hybridized carbons (Fsp3) is 0.526. The van der Waals surface area contributed by atoms with E-state index in [0.717, 1.165) is 0 Å². The van der Waals surface area contributed by atoms with E-state index >= 15 is 0 Å². The summed E-state index contributed by atoms with van der Waals surface area (Å²) in [6.07, 6.45) is 1.80. The van der Waals surface area contributed by atoms with Gasteiger partial charge in [-0.1, -0.05) is 12.3 Å². The van der Waals surface area contributed by atoms with Crippen molar-refractivity contribution in [2.45, 2.75) is 47.1 Å². The molecular formula is C19H24N2O5S2. The van der Waals surface area contributed by atoms with Gasteiger partial charge < -0.3 is 10.1 Å². The molecule has 152 valence electrons. The Morgan fingerprint density at radius 2 is 2.18 bits per heavy atom.